The van der Waals surface area contributed by atoms with Crippen molar-refractivity contribution in [2.45, 2.75) is 58.1 Å². The second-order valence-corrected chi connectivity index (χ2v) is 8.11. The molecule has 1 aliphatic carbocycles. The van der Waals surface area contributed by atoms with E-state index < -0.39 is 5.60 Å². The summed E-state index contributed by atoms with van der Waals surface area (Å²) >= 11 is 1.46. The molecule has 0 bridgehead atoms. The number of nitrogens with zero attached hydrogens (tertiary/aromatic N) is 1. The molecule has 1 aromatic heterocycles. The van der Waals surface area contributed by atoms with Gasteiger partial charge in [-0.2, -0.15) is 0 Å². The van der Waals surface area contributed by atoms with Crippen LogP contribution in [0.15, 0.2) is 23.6 Å². The molecule has 3 atom stereocenters. The lowest BCUT2D eigenvalue weighted by atomic mass is 9.74. The van der Waals surface area contributed by atoms with E-state index in [1.54, 1.807) is 25.2 Å². The summed E-state index contributed by atoms with van der Waals surface area (Å²) in [5.41, 5.74) is -0.209. The predicted octanol–water partition coefficient (Wildman–Crippen LogP) is 2.99. The Bertz CT molecular complexity index is 764. The number of amides is 1. The lowest BCUT2D eigenvalue weighted by Gasteiger charge is -2.35. The van der Waals surface area contributed by atoms with Crippen molar-refractivity contribution in [2.75, 3.05) is 0 Å². The topological polar surface area (TPSA) is 96.4 Å². The van der Waals surface area contributed by atoms with Crippen LogP contribution in [-0.4, -0.2) is 33.2 Å². The fraction of sp³-hybridized carbons (Fsp3) is 0.500. The number of ketones is 2. The van der Waals surface area contributed by atoms with Gasteiger partial charge in [-0.05, 0) is 32.4 Å². The first-order valence-electron chi connectivity index (χ1n) is 9.01. The minimum Gasteiger partial charge on any atom is -0.390 e. The largest absolute Gasteiger partial charge is 0.390 e. The molecule has 1 unspecified atom stereocenters. The maximum Gasteiger partial charge on any atom is 0.217 e. The highest BCUT2D eigenvalue weighted by molar-refractivity contribution is 7.09. The summed E-state index contributed by atoms with van der Waals surface area (Å²) in [6, 6.07) is -0.141. The third-order valence-electron chi connectivity index (χ3n) is 4.70. The van der Waals surface area contributed by atoms with E-state index in [-0.39, 0.29) is 42.3 Å². The first-order chi connectivity index (χ1) is 12.7. The normalized spacial score (nSPS) is 24.4. The Hall–Kier alpha value is -2.12. The van der Waals surface area contributed by atoms with Gasteiger partial charge in [0.25, 0.3) is 0 Å². The Morgan fingerprint density at radius 1 is 1.48 bits per heavy atom. The van der Waals surface area contributed by atoms with Gasteiger partial charge >= 0.3 is 0 Å². The Kier molecular flexibility index (Phi) is 7.21. The molecular formula is C20H26N2O4S. The summed E-state index contributed by atoms with van der Waals surface area (Å²) < 4.78 is 0. The molecule has 7 heteroatoms. The number of rotatable bonds is 7. The van der Waals surface area contributed by atoms with Crippen LogP contribution in [0.5, 0.6) is 0 Å². The van der Waals surface area contributed by atoms with Crippen LogP contribution in [-0.2, 0) is 14.4 Å². The molecule has 1 amide bonds. The summed E-state index contributed by atoms with van der Waals surface area (Å²) in [5, 5.41) is 15.8. The van der Waals surface area contributed by atoms with Crippen molar-refractivity contribution in [1.82, 2.24) is 10.3 Å². The monoisotopic (exact) mass is 390 g/mol. The second-order valence-electron chi connectivity index (χ2n) is 7.22. The molecule has 0 saturated heterocycles. The van der Waals surface area contributed by atoms with Gasteiger partial charge in [-0.1, -0.05) is 12.2 Å². The third-order valence-corrected chi connectivity index (χ3v) is 5.75. The number of Topliss-reactive ketones (excluding diaryl/α,β-unsaturated/α-hetero) is 1. The number of hydrogen-bond donors (Lipinski definition) is 2. The van der Waals surface area contributed by atoms with Gasteiger partial charge < -0.3 is 10.4 Å². The molecule has 146 valence electrons. The van der Waals surface area contributed by atoms with Crippen LogP contribution in [0.2, 0.25) is 0 Å². The van der Waals surface area contributed by atoms with Crippen molar-refractivity contribution in [3.05, 3.63) is 34.3 Å². The smallest absolute Gasteiger partial charge is 0.217 e. The summed E-state index contributed by atoms with van der Waals surface area (Å²) in [4.78, 5) is 39.2. The highest BCUT2D eigenvalue weighted by Gasteiger charge is 2.38. The van der Waals surface area contributed by atoms with Crippen LogP contribution < -0.4 is 5.32 Å². The molecule has 2 rings (SSSR count). The molecule has 1 heterocycles. The standard InChI is InChI=1S/C20H26N2O4S/c1-13(21-14(2)23)19-22-16(12-27-19)6-4-5-7-17(24)10-15-11-18(25)8-9-20(15,3)26/h4-7,12-13,15,26H,8-11H2,1-3H3,(H,21,23)/b6-4+,7-5+/t13-,15?,20+/m1/s1. The maximum absolute atomic E-state index is 12.1. The van der Waals surface area contributed by atoms with E-state index in [1.807, 2.05) is 12.3 Å². The first kappa shape index (κ1) is 21.2. The van der Waals surface area contributed by atoms with E-state index in [2.05, 4.69) is 10.3 Å². The number of allylic oxidation sites excluding steroid dienone is 3. The minimum atomic E-state index is -0.963. The zero-order valence-corrected chi connectivity index (χ0v) is 16.7. The average molecular weight is 391 g/mol. The third kappa shape index (κ3) is 6.52. The van der Waals surface area contributed by atoms with Gasteiger partial charge in [-0.25, -0.2) is 4.98 Å². The number of nitrogens with one attached hydrogen (secondary N) is 1. The summed E-state index contributed by atoms with van der Waals surface area (Å²) in [5.74, 6) is -0.431. The van der Waals surface area contributed by atoms with Crippen molar-refractivity contribution in [3.63, 3.8) is 0 Å². The average Bonchev–Trinajstić information content (AvgIpc) is 3.04. The first-order valence-corrected chi connectivity index (χ1v) is 9.89. The number of hydrogen-bond acceptors (Lipinski definition) is 6. The van der Waals surface area contributed by atoms with Gasteiger partial charge in [0.2, 0.25) is 5.91 Å². The lowest BCUT2D eigenvalue weighted by Crippen LogP contribution is -2.41. The second kappa shape index (κ2) is 9.19. The van der Waals surface area contributed by atoms with Gasteiger partial charge in [0.1, 0.15) is 10.8 Å². The molecule has 1 aromatic rings. The van der Waals surface area contributed by atoms with Crippen LogP contribution in [0.3, 0.4) is 0 Å². The fourth-order valence-electron chi connectivity index (χ4n) is 3.06. The maximum atomic E-state index is 12.1. The number of thiazole rings is 1. The van der Waals surface area contributed by atoms with E-state index in [9.17, 15) is 19.5 Å². The van der Waals surface area contributed by atoms with Gasteiger partial charge in [0.05, 0.1) is 17.3 Å². The minimum absolute atomic E-state index is 0.102. The zero-order chi connectivity index (χ0) is 20.0. The fourth-order valence-corrected chi connectivity index (χ4v) is 3.85. The molecule has 0 aliphatic heterocycles. The molecule has 0 radical (unpaired) electrons. The van der Waals surface area contributed by atoms with Crippen LogP contribution in [0.4, 0.5) is 0 Å². The van der Waals surface area contributed by atoms with Crippen molar-refractivity contribution in [1.29, 1.82) is 0 Å². The van der Waals surface area contributed by atoms with Crippen molar-refractivity contribution in [3.8, 4) is 0 Å². The SMILES string of the molecule is CC(=O)N[C@H](C)c1nc(/C=C/C=C/C(=O)CC2CC(=O)CC[C@]2(C)O)cs1. The molecule has 1 aliphatic rings. The van der Waals surface area contributed by atoms with E-state index in [1.165, 1.54) is 24.3 Å². The van der Waals surface area contributed by atoms with Crippen molar-refractivity contribution >= 4 is 34.9 Å². The Morgan fingerprint density at radius 2 is 2.22 bits per heavy atom. The van der Waals surface area contributed by atoms with Crippen molar-refractivity contribution < 1.29 is 19.5 Å². The summed E-state index contributed by atoms with van der Waals surface area (Å²) in [6.07, 6.45) is 7.82. The molecule has 27 heavy (non-hydrogen) atoms. The summed E-state index contributed by atoms with van der Waals surface area (Å²) in [7, 11) is 0. The van der Waals surface area contributed by atoms with E-state index >= 15 is 0 Å². The number of carbonyl (C=O) groups is 3. The Balaban J connectivity index is 1.87. The van der Waals surface area contributed by atoms with Crippen LogP contribution in [0.1, 0.15) is 63.2 Å². The number of aromatic nitrogens is 1. The molecule has 2 N–H and O–H groups in total. The van der Waals surface area contributed by atoms with Crippen LogP contribution in [0.25, 0.3) is 6.08 Å². The van der Waals surface area contributed by atoms with Gasteiger partial charge in [0, 0.05) is 37.5 Å². The van der Waals surface area contributed by atoms with Crippen LogP contribution >= 0.6 is 11.3 Å². The number of aliphatic hydroxyl groups is 1. The molecule has 6 nitrogen and oxygen atoms in total. The molecule has 1 saturated carbocycles. The van der Waals surface area contributed by atoms with Gasteiger partial charge in [0.15, 0.2) is 5.78 Å². The molecule has 0 spiro atoms. The summed E-state index contributed by atoms with van der Waals surface area (Å²) in [6.45, 7) is 5.04. The molecule has 1 fully saturated rings. The van der Waals surface area contributed by atoms with E-state index in [0.717, 1.165) is 10.7 Å². The highest BCUT2D eigenvalue weighted by Crippen LogP contribution is 2.34. The molecule has 0 aromatic carbocycles. The quantitative estimate of drug-likeness (QED) is 0.551. The van der Waals surface area contributed by atoms with Crippen molar-refractivity contribution in [2.24, 2.45) is 5.92 Å². The Morgan fingerprint density at radius 3 is 2.93 bits per heavy atom. The predicted molar refractivity (Wildman–Crippen MR) is 105 cm³/mol. The highest BCUT2D eigenvalue weighted by atomic mass is 32.1. The van der Waals surface area contributed by atoms with Gasteiger partial charge in [-0.15, -0.1) is 11.3 Å². The molecular weight excluding hydrogens is 364 g/mol. The van der Waals surface area contributed by atoms with E-state index in [4.69, 9.17) is 0 Å². The lowest BCUT2D eigenvalue weighted by molar-refractivity contribution is -0.132. The van der Waals surface area contributed by atoms with E-state index in [0.29, 0.717) is 12.8 Å². The van der Waals surface area contributed by atoms with Crippen LogP contribution in [0, 0.1) is 5.92 Å². The van der Waals surface area contributed by atoms with Gasteiger partial charge in [-0.3, -0.25) is 14.4 Å². The Labute approximate surface area is 163 Å². The zero-order valence-electron chi connectivity index (χ0n) is 15.9. The number of carbonyl (C=O) groups excluding carboxylic acids is 3.